The van der Waals surface area contributed by atoms with Crippen LogP contribution in [0.3, 0.4) is 0 Å². The zero-order chi connectivity index (χ0) is 14.3. The number of benzene rings is 1. The van der Waals surface area contributed by atoms with Crippen LogP contribution in [0.15, 0.2) is 28.8 Å². The van der Waals surface area contributed by atoms with E-state index in [4.69, 9.17) is 0 Å². The second-order valence-electron chi connectivity index (χ2n) is 5.64. The number of anilines is 1. The molecule has 1 amide bonds. The minimum absolute atomic E-state index is 0.0284. The second-order valence-corrected chi connectivity index (χ2v) is 6.49. The maximum atomic E-state index is 12.4. The van der Waals surface area contributed by atoms with E-state index in [0.29, 0.717) is 0 Å². The number of nitrogens with one attached hydrogen (secondary N) is 1. The Labute approximate surface area is 127 Å². The number of halogens is 1. The lowest BCUT2D eigenvalue weighted by Crippen LogP contribution is -2.41. The van der Waals surface area contributed by atoms with Crippen LogP contribution in [-0.4, -0.2) is 11.0 Å². The van der Waals surface area contributed by atoms with E-state index in [2.05, 4.69) is 33.4 Å². The largest absolute Gasteiger partial charge is 0.375 e. The summed E-state index contributed by atoms with van der Waals surface area (Å²) in [5.74, 6) is -0.306. The SMILES string of the molecule is Cc1c(Br)ccc2c1NC(=O)C2(O)C1CCC=CCC1. The minimum atomic E-state index is -1.38. The van der Waals surface area contributed by atoms with Gasteiger partial charge in [-0.1, -0.05) is 34.1 Å². The van der Waals surface area contributed by atoms with Crippen molar-refractivity contribution in [2.24, 2.45) is 5.92 Å². The van der Waals surface area contributed by atoms with Crippen molar-refractivity contribution in [3.05, 3.63) is 39.9 Å². The molecule has 20 heavy (non-hydrogen) atoms. The van der Waals surface area contributed by atoms with Crippen molar-refractivity contribution in [3.8, 4) is 0 Å². The van der Waals surface area contributed by atoms with Gasteiger partial charge in [0.15, 0.2) is 5.60 Å². The van der Waals surface area contributed by atoms with Crippen molar-refractivity contribution in [1.29, 1.82) is 0 Å². The Bertz CT molecular complexity index is 586. The van der Waals surface area contributed by atoms with Crippen LogP contribution >= 0.6 is 15.9 Å². The molecule has 2 N–H and O–H groups in total. The third kappa shape index (κ3) is 1.93. The number of hydrogen-bond donors (Lipinski definition) is 2. The Morgan fingerprint density at radius 3 is 2.60 bits per heavy atom. The van der Waals surface area contributed by atoms with Crippen LogP contribution in [0.2, 0.25) is 0 Å². The normalized spacial score (nSPS) is 26.2. The molecule has 0 saturated carbocycles. The first-order valence-electron chi connectivity index (χ1n) is 7.03. The molecule has 1 aromatic carbocycles. The molecule has 0 bridgehead atoms. The molecule has 1 aliphatic carbocycles. The average Bonchev–Trinajstić information content (AvgIpc) is 2.65. The molecule has 4 heteroatoms. The van der Waals surface area contributed by atoms with Crippen molar-refractivity contribution in [3.63, 3.8) is 0 Å². The van der Waals surface area contributed by atoms with E-state index in [1.807, 2.05) is 19.1 Å². The third-order valence-electron chi connectivity index (χ3n) is 4.52. The maximum absolute atomic E-state index is 12.4. The second kappa shape index (κ2) is 5.01. The highest BCUT2D eigenvalue weighted by Gasteiger charge is 2.51. The van der Waals surface area contributed by atoms with Gasteiger partial charge in [0.1, 0.15) is 0 Å². The highest BCUT2D eigenvalue weighted by Crippen LogP contribution is 2.47. The highest BCUT2D eigenvalue weighted by molar-refractivity contribution is 9.10. The van der Waals surface area contributed by atoms with E-state index >= 15 is 0 Å². The highest BCUT2D eigenvalue weighted by atomic mass is 79.9. The molecule has 1 atom stereocenters. The van der Waals surface area contributed by atoms with Gasteiger partial charge in [-0.3, -0.25) is 4.79 Å². The molecule has 2 aliphatic rings. The average molecular weight is 336 g/mol. The maximum Gasteiger partial charge on any atom is 0.261 e. The van der Waals surface area contributed by atoms with Crippen LogP contribution in [0.4, 0.5) is 5.69 Å². The summed E-state index contributed by atoms with van der Waals surface area (Å²) in [5.41, 5.74) is 1.09. The zero-order valence-corrected chi connectivity index (χ0v) is 13.0. The summed E-state index contributed by atoms with van der Waals surface area (Å²) in [6, 6.07) is 3.77. The first kappa shape index (κ1) is 13.8. The number of carbonyl (C=O) groups is 1. The molecule has 1 unspecified atom stereocenters. The topological polar surface area (TPSA) is 49.3 Å². The van der Waals surface area contributed by atoms with Gasteiger partial charge in [0.25, 0.3) is 5.91 Å². The number of fused-ring (bicyclic) bond motifs is 1. The molecular formula is C16H18BrNO2. The lowest BCUT2D eigenvalue weighted by molar-refractivity contribution is -0.140. The van der Waals surface area contributed by atoms with Crippen molar-refractivity contribution in [2.45, 2.75) is 38.2 Å². The fraction of sp³-hybridized carbons (Fsp3) is 0.438. The third-order valence-corrected chi connectivity index (χ3v) is 5.37. The van der Waals surface area contributed by atoms with E-state index in [9.17, 15) is 9.90 Å². The molecule has 0 spiro atoms. The number of hydrogen-bond acceptors (Lipinski definition) is 2. The van der Waals surface area contributed by atoms with Gasteiger partial charge in [-0.15, -0.1) is 0 Å². The van der Waals surface area contributed by atoms with Crippen LogP contribution in [0.5, 0.6) is 0 Å². The number of allylic oxidation sites excluding steroid dienone is 2. The molecule has 106 valence electrons. The van der Waals surface area contributed by atoms with Crippen LogP contribution in [0.1, 0.15) is 36.8 Å². The molecule has 1 heterocycles. The van der Waals surface area contributed by atoms with Gasteiger partial charge in [0.05, 0.1) is 5.69 Å². The van der Waals surface area contributed by atoms with Gasteiger partial charge in [-0.25, -0.2) is 0 Å². The lowest BCUT2D eigenvalue weighted by atomic mass is 9.77. The first-order chi connectivity index (χ1) is 9.55. The van der Waals surface area contributed by atoms with Crippen molar-refractivity contribution in [1.82, 2.24) is 0 Å². The molecule has 0 radical (unpaired) electrons. The van der Waals surface area contributed by atoms with Gasteiger partial charge in [0, 0.05) is 16.0 Å². The fourth-order valence-corrected chi connectivity index (χ4v) is 3.62. The van der Waals surface area contributed by atoms with Gasteiger partial charge in [-0.05, 0) is 44.2 Å². The smallest absolute Gasteiger partial charge is 0.261 e. The van der Waals surface area contributed by atoms with E-state index in [1.165, 1.54) is 0 Å². The molecule has 0 saturated heterocycles. The Morgan fingerprint density at radius 1 is 1.30 bits per heavy atom. The summed E-state index contributed by atoms with van der Waals surface area (Å²) in [5, 5.41) is 14.0. The predicted octanol–water partition coefficient (Wildman–Crippen LogP) is 3.64. The van der Waals surface area contributed by atoms with E-state index in [-0.39, 0.29) is 11.8 Å². The van der Waals surface area contributed by atoms with Gasteiger partial charge in [-0.2, -0.15) is 0 Å². The molecule has 1 aliphatic heterocycles. The molecule has 0 fully saturated rings. The lowest BCUT2D eigenvalue weighted by Gasteiger charge is -2.30. The van der Waals surface area contributed by atoms with Crippen LogP contribution in [0.25, 0.3) is 0 Å². The number of carbonyl (C=O) groups excluding carboxylic acids is 1. The van der Waals surface area contributed by atoms with Crippen molar-refractivity contribution >= 4 is 27.5 Å². The summed E-state index contributed by atoms with van der Waals surface area (Å²) >= 11 is 3.47. The minimum Gasteiger partial charge on any atom is -0.375 e. The van der Waals surface area contributed by atoms with Crippen LogP contribution in [0, 0.1) is 12.8 Å². The van der Waals surface area contributed by atoms with E-state index < -0.39 is 5.60 Å². The number of rotatable bonds is 1. The Morgan fingerprint density at radius 2 is 1.95 bits per heavy atom. The number of amides is 1. The summed E-state index contributed by atoms with van der Waals surface area (Å²) in [4.78, 5) is 12.4. The molecule has 3 rings (SSSR count). The Hall–Kier alpha value is -1.13. The van der Waals surface area contributed by atoms with Gasteiger partial charge < -0.3 is 10.4 Å². The summed E-state index contributed by atoms with van der Waals surface area (Å²) in [7, 11) is 0. The monoisotopic (exact) mass is 335 g/mol. The number of aliphatic hydroxyl groups is 1. The van der Waals surface area contributed by atoms with Gasteiger partial charge >= 0.3 is 0 Å². The van der Waals surface area contributed by atoms with E-state index in [1.54, 1.807) is 0 Å². The van der Waals surface area contributed by atoms with Crippen LogP contribution in [-0.2, 0) is 10.4 Å². The summed E-state index contributed by atoms with van der Waals surface area (Å²) in [6.45, 7) is 1.95. The van der Waals surface area contributed by atoms with Crippen LogP contribution < -0.4 is 5.32 Å². The Balaban J connectivity index is 2.06. The summed E-state index contributed by atoms with van der Waals surface area (Å²) < 4.78 is 0.948. The quantitative estimate of drug-likeness (QED) is 0.769. The fourth-order valence-electron chi connectivity index (χ4n) is 3.29. The predicted molar refractivity (Wildman–Crippen MR) is 82.5 cm³/mol. The van der Waals surface area contributed by atoms with Crippen molar-refractivity contribution in [2.75, 3.05) is 5.32 Å². The summed E-state index contributed by atoms with van der Waals surface area (Å²) in [6.07, 6.45) is 7.81. The van der Waals surface area contributed by atoms with Gasteiger partial charge in [0.2, 0.25) is 0 Å². The molecule has 3 nitrogen and oxygen atoms in total. The molecule has 0 aromatic heterocycles. The van der Waals surface area contributed by atoms with Crippen molar-refractivity contribution < 1.29 is 9.90 Å². The first-order valence-corrected chi connectivity index (χ1v) is 7.83. The van der Waals surface area contributed by atoms with E-state index in [0.717, 1.165) is 47.0 Å². The Kier molecular flexibility index (Phi) is 3.46. The standard InChI is InChI=1S/C16H18BrNO2/c1-10-13(17)9-8-12-14(10)18-15(19)16(12,20)11-6-4-2-3-5-7-11/h2-3,8-9,11,20H,4-7H2,1H3,(H,18,19). The zero-order valence-electron chi connectivity index (χ0n) is 11.4. The molecular weight excluding hydrogens is 318 g/mol. The molecule has 1 aromatic rings.